The summed E-state index contributed by atoms with van der Waals surface area (Å²) in [5.74, 6) is -9.13. The van der Waals surface area contributed by atoms with E-state index < -0.39 is 52.7 Å². The van der Waals surface area contributed by atoms with Crippen LogP contribution in [0.25, 0.3) is 0 Å². The average Bonchev–Trinajstić information content (AvgIpc) is 3.26. The molecule has 1 aromatic heterocycles. The number of halogens is 6. The van der Waals surface area contributed by atoms with Crippen molar-refractivity contribution in [1.82, 2.24) is 0 Å². The molecule has 0 N–H and O–H groups in total. The number of thiophene rings is 1. The molecular weight excluding hydrogens is 444 g/mol. The maximum atomic E-state index is 13.6. The number of carbonyl (C=O) groups is 1. The summed E-state index contributed by atoms with van der Waals surface area (Å²) in [4.78, 5) is 23.0. The highest BCUT2D eigenvalue weighted by Crippen LogP contribution is 2.59. The minimum absolute atomic E-state index is 0.0207. The zero-order valence-corrected chi connectivity index (χ0v) is 15.4. The van der Waals surface area contributed by atoms with Gasteiger partial charge in [-0.3, -0.25) is 10.1 Å². The van der Waals surface area contributed by atoms with Gasteiger partial charge in [-0.2, -0.15) is 26.3 Å². The van der Waals surface area contributed by atoms with Crippen LogP contribution in [-0.4, -0.2) is 35.6 Å². The van der Waals surface area contributed by atoms with E-state index in [-0.39, 0.29) is 4.88 Å². The van der Waals surface area contributed by atoms with Gasteiger partial charge in [-0.1, -0.05) is 36.4 Å². The number of benzene rings is 1. The maximum Gasteiger partial charge on any atom is 0.465 e. The van der Waals surface area contributed by atoms with Crippen molar-refractivity contribution in [1.29, 1.82) is 0 Å². The first-order valence-corrected chi connectivity index (χ1v) is 9.01. The molecule has 0 saturated carbocycles. The van der Waals surface area contributed by atoms with E-state index in [1.807, 2.05) is 0 Å². The number of hydrogen-bond acceptors (Lipinski definition) is 6. The van der Waals surface area contributed by atoms with E-state index in [1.54, 1.807) is 0 Å². The first-order chi connectivity index (χ1) is 13.8. The quantitative estimate of drug-likeness (QED) is 0.289. The smallest absolute Gasteiger partial charge is 0.413 e. The molecule has 0 unspecified atom stereocenters. The number of ether oxygens (including phenoxy) is 2. The van der Waals surface area contributed by atoms with Crippen LogP contribution in [0.1, 0.15) is 16.4 Å². The lowest BCUT2D eigenvalue weighted by atomic mass is 9.80. The van der Waals surface area contributed by atoms with E-state index in [0.717, 1.165) is 23.5 Å². The van der Waals surface area contributed by atoms with Crippen LogP contribution in [0, 0.1) is 10.1 Å². The van der Waals surface area contributed by atoms with Gasteiger partial charge in [0.2, 0.25) is 12.1 Å². The molecule has 1 fully saturated rings. The molecule has 30 heavy (non-hydrogen) atoms. The zero-order chi connectivity index (χ0) is 22.4. The molecule has 0 amide bonds. The summed E-state index contributed by atoms with van der Waals surface area (Å²) in [6.45, 7) is -1.18. The fourth-order valence-corrected chi connectivity index (χ4v) is 4.10. The summed E-state index contributed by atoms with van der Waals surface area (Å²) in [7, 11) is 0. The lowest BCUT2D eigenvalue weighted by molar-refractivity contribution is -0.491. The van der Waals surface area contributed by atoms with Crippen LogP contribution in [0.5, 0.6) is 0 Å². The molecule has 1 aromatic carbocycles. The third kappa shape index (κ3) is 3.31. The van der Waals surface area contributed by atoms with Gasteiger partial charge in [0.15, 0.2) is 0 Å². The predicted molar refractivity (Wildman–Crippen MR) is 89.1 cm³/mol. The Morgan fingerprint density at radius 2 is 1.63 bits per heavy atom. The predicted octanol–water partition coefficient (Wildman–Crippen LogP) is 4.40. The van der Waals surface area contributed by atoms with E-state index >= 15 is 0 Å². The van der Waals surface area contributed by atoms with Gasteiger partial charge in [0, 0.05) is 9.80 Å². The molecule has 0 radical (unpaired) electrons. The molecular formula is C17H11F6NO5S. The standard InChI is InChI=1S/C17H11F6NO5S/c18-16(19,20)15(17(21,22)23)28-13(25)14(29-15,10-5-2-1-3-6-10)11(9-24(26)27)12-7-4-8-30-12/h1-8,11H,9H2/t11-,14-/m0/s1. The number of hydrogen-bond donors (Lipinski definition) is 0. The summed E-state index contributed by atoms with van der Waals surface area (Å²) < 4.78 is 89.8. The molecule has 162 valence electrons. The van der Waals surface area contributed by atoms with Gasteiger partial charge in [0.1, 0.15) is 5.92 Å². The molecule has 0 spiro atoms. The number of carbonyl (C=O) groups excluding carboxylic acids is 1. The third-order valence-electron chi connectivity index (χ3n) is 4.50. The van der Waals surface area contributed by atoms with E-state index in [9.17, 15) is 41.3 Å². The van der Waals surface area contributed by atoms with Crippen molar-refractivity contribution in [3.63, 3.8) is 0 Å². The maximum absolute atomic E-state index is 13.6. The van der Waals surface area contributed by atoms with Gasteiger partial charge in [-0.05, 0) is 17.0 Å². The van der Waals surface area contributed by atoms with Crippen LogP contribution >= 0.6 is 11.3 Å². The second-order valence-corrected chi connectivity index (χ2v) is 7.27. The van der Waals surface area contributed by atoms with Crippen molar-refractivity contribution in [2.75, 3.05) is 6.54 Å². The topological polar surface area (TPSA) is 78.7 Å². The number of alkyl halides is 6. The molecule has 2 atom stereocenters. The molecule has 6 nitrogen and oxygen atoms in total. The Balaban J connectivity index is 2.31. The average molecular weight is 455 g/mol. The van der Waals surface area contributed by atoms with Crippen LogP contribution in [0.15, 0.2) is 47.8 Å². The molecule has 1 aliphatic heterocycles. The van der Waals surface area contributed by atoms with E-state index in [0.29, 0.717) is 0 Å². The minimum atomic E-state index is -6.20. The second kappa shape index (κ2) is 7.23. The molecule has 0 bridgehead atoms. The Hall–Kier alpha value is -2.67. The van der Waals surface area contributed by atoms with Crippen LogP contribution in [0.2, 0.25) is 0 Å². The van der Waals surface area contributed by atoms with Crippen LogP contribution < -0.4 is 0 Å². The fraction of sp³-hybridized carbons (Fsp3) is 0.353. The summed E-state index contributed by atoms with van der Waals surface area (Å²) in [5.41, 5.74) is -3.50. The highest BCUT2D eigenvalue weighted by atomic mass is 32.1. The zero-order valence-electron chi connectivity index (χ0n) is 14.6. The van der Waals surface area contributed by atoms with Gasteiger partial charge >= 0.3 is 24.1 Å². The monoisotopic (exact) mass is 455 g/mol. The Morgan fingerprint density at radius 1 is 1.03 bits per heavy atom. The van der Waals surface area contributed by atoms with Crippen LogP contribution in [-0.2, 0) is 19.9 Å². The van der Waals surface area contributed by atoms with Crippen molar-refractivity contribution < 1.29 is 45.5 Å². The van der Waals surface area contributed by atoms with Gasteiger partial charge in [-0.25, -0.2) is 4.79 Å². The summed E-state index contributed by atoms with van der Waals surface area (Å²) >= 11 is 0.816. The van der Waals surface area contributed by atoms with Gasteiger partial charge in [-0.15, -0.1) is 11.3 Å². The van der Waals surface area contributed by atoms with Gasteiger partial charge < -0.3 is 9.47 Å². The summed E-state index contributed by atoms with van der Waals surface area (Å²) in [5, 5.41) is 12.7. The Morgan fingerprint density at radius 3 is 2.07 bits per heavy atom. The van der Waals surface area contributed by atoms with E-state index in [4.69, 9.17) is 0 Å². The van der Waals surface area contributed by atoms with Crippen molar-refractivity contribution in [2.24, 2.45) is 0 Å². The molecule has 2 aromatic rings. The fourth-order valence-electron chi connectivity index (χ4n) is 3.22. The molecule has 13 heteroatoms. The van der Waals surface area contributed by atoms with Crippen molar-refractivity contribution in [3.8, 4) is 0 Å². The van der Waals surface area contributed by atoms with Crippen molar-refractivity contribution in [3.05, 3.63) is 68.4 Å². The Kier molecular flexibility index (Phi) is 5.31. The SMILES string of the molecule is O=C1OC(C(F)(F)F)(C(F)(F)F)O[C@@]1(c1ccccc1)[C@@H](C[N+](=O)[O-])c1cccs1. The number of rotatable bonds is 5. The van der Waals surface area contributed by atoms with Crippen molar-refractivity contribution in [2.45, 2.75) is 29.7 Å². The number of cyclic esters (lactones) is 1. The Bertz CT molecular complexity index is 916. The highest BCUT2D eigenvalue weighted by Gasteiger charge is 2.84. The lowest BCUT2D eigenvalue weighted by Gasteiger charge is -2.35. The second-order valence-electron chi connectivity index (χ2n) is 6.29. The molecule has 1 aliphatic rings. The number of esters is 1. The molecule has 0 aliphatic carbocycles. The number of nitrogens with zero attached hydrogens (tertiary/aromatic N) is 1. The van der Waals surface area contributed by atoms with E-state index in [2.05, 4.69) is 9.47 Å². The first-order valence-electron chi connectivity index (χ1n) is 8.13. The summed E-state index contributed by atoms with van der Waals surface area (Å²) in [6, 6.07) is 8.61. The molecule has 3 rings (SSSR count). The van der Waals surface area contributed by atoms with Crippen LogP contribution in [0.3, 0.4) is 0 Å². The molecule has 1 saturated heterocycles. The minimum Gasteiger partial charge on any atom is -0.413 e. The van der Waals surface area contributed by atoms with Crippen LogP contribution in [0.4, 0.5) is 26.3 Å². The largest absolute Gasteiger partial charge is 0.465 e. The molecule has 2 heterocycles. The van der Waals surface area contributed by atoms with Gasteiger partial charge in [0.05, 0.1) is 0 Å². The highest BCUT2D eigenvalue weighted by molar-refractivity contribution is 7.10. The van der Waals surface area contributed by atoms with Crippen molar-refractivity contribution >= 4 is 17.3 Å². The summed E-state index contributed by atoms with van der Waals surface area (Å²) in [6.07, 6.45) is -12.4. The third-order valence-corrected chi connectivity index (χ3v) is 5.49. The van der Waals surface area contributed by atoms with Gasteiger partial charge in [0.25, 0.3) is 0 Å². The van der Waals surface area contributed by atoms with E-state index in [1.165, 1.54) is 35.7 Å². The Labute approximate surface area is 168 Å². The lowest BCUT2D eigenvalue weighted by Crippen LogP contribution is -2.59. The number of nitro groups is 1. The normalized spacial score (nSPS) is 22.5. The first kappa shape index (κ1) is 22.0.